The lowest BCUT2D eigenvalue weighted by Crippen LogP contribution is -2.24. The predicted octanol–water partition coefficient (Wildman–Crippen LogP) is 5.13. The number of nitrogens with zero attached hydrogens (tertiary/aromatic N) is 2. The Bertz CT molecular complexity index is 1390. The first-order valence-electron chi connectivity index (χ1n) is 11.2. The number of para-hydroxylation sites is 1. The van der Waals surface area contributed by atoms with E-state index in [1.807, 2.05) is 18.2 Å². The van der Waals surface area contributed by atoms with Crippen LogP contribution in [0.4, 0.5) is 33.2 Å². The Hall–Kier alpha value is -4.16. The first-order chi connectivity index (χ1) is 17.2. The van der Waals surface area contributed by atoms with Gasteiger partial charge in [0.25, 0.3) is 5.91 Å². The molecule has 8 nitrogen and oxygen atoms in total. The van der Waals surface area contributed by atoms with Crippen LogP contribution in [0.2, 0.25) is 5.02 Å². The second kappa shape index (κ2) is 10.2. The molecule has 184 valence electrons. The summed E-state index contributed by atoms with van der Waals surface area (Å²) in [5.74, 6) is 1.31. The molecule has 36 heavy (non-hydrogen) atoms. The fraction of sp³-hybridized carbons (Fsp3) is 0.231. The molecule has 2 amide bonds. The molecular weight excluding hydrogens is 483 g/mol. The van der Waals surface area contributed by atoms with Crippen LogP contribution in [0.5, 0.6) is 0 Å². The number of fused-ring (bicyclic) bond motifs is 1. The number of aromatic nitrogens is 2. The van der Waals surface area contributed by atoms with Gasteiger partial charge in [0.15, 0.2) is 5.82 Å². The highest BCUT2D eigenvalue weighted by atomic mass is 35.5. The standard InChI is InChI=1S/C26H24ClFN6O2/c1-4-12-29-24(36)16-6-5-7-19(28)22(16)33-23-18(27)14-30-25(34-23)31-15-8-9-17-20(13-15)32-21(35)10-11-26(17,2)3/h1,5-9,13-14H,10-12H2,2-3H3,(H,29,36)(H,32,35)(H2,30,31,33,34). The van der Waals surface area contributed by atoms with Gasteiger partial charge in [-0.15, -0.1) is 6.42 Å². The number of anilines is 5. The van der Waals surface area contributed by atoms with Crippen molar-refractivity contribution < 1.29 is 14.0 Å². The molecule has 0 saturated carbocycles. The van der Waals surface area contributed by atoms with E-state index in [0.29, 0.717) is 17.8 Å². The van der Waals surface area contributed by atoms with Gasteiger partial charge >= 0.3 is 0 Å². The van der Waals surface area contributed by atoms with E-state index in [-0.39, 0.29) is 45.9 Å². The molecule has 0 atom stereocenters. The van der Waals surface area contributed by atoms with E-state index in [0.717, 1.165) is 12.0 Å². The average molecular weight is 507 g/mol. The van der Waals surface area contributed by atoms with Crippen LogP contribution in [0.3, 0.4) is 0 Å². The normalized spacial score (nSPS) is 14.0. The zero-order valence-electron chi connectivity index (χ0n) is 19.7. The lowest BCUT2D eigenvalue weighted by atomic mass is 9.80. The van der Waals surface area contributed by atoms with Gasteiger partial charge in [-0.05, 0) is 41.7 Å². The highest BCUT2D eigenvalue weighted by Gasteiger charge is 2.28. The van der Waals surface area contributed by atoms with E-state index in [4.69, 9.17) is 18.0 Å². The number of nitrogens with one attached hydrogen (secondary N) is 4. The lowest BCUT2D eigenvalue weighted by molar-refractivity contribution is -0.116. The van der Waals surface area contributed by atoms with Crippen molar-refractivity contribution in [1.29, 1.82) is 0 Å². The van der Waals surface area contributed by atoms with Crippen LogP contribution >= 0.6 is 11.6 Å². The van der Waals surface area contributed by atoms with Gasteiger partial charge in [-0.25, -0.2) is 9.37 Å². The van der Waals surface area contributed by atoms with E-state index < -0.39 is 11.7 Å². The topological polar surface area (TPSA) is 108 Å². The van der Waals surface area contributed by atoms with E-state index >= 15 is 0 Å². The summed E-state index contributed by atoms with van der Waals surface area (Å²) in [5, 5.41) is 11.5. The second-order valence-corrected chi connectivity index (χ2v) is 9.29. The quantitative estimate of drug-likeness (QED) is 0.345. The van der Waals surface area contributed by atoms with Crippen LogP contribution in [0.1, 0.15) is 42.6 Å². The molecule has 1 aliphatic rings. The highest BCUT2D eigenvalue weighted by Crippen LogP contribution is 2.38. The zero-order valence-corrected chi connectivity index (χ0v) is 20.5. The van der Waals surface area contributed by atoms with Gasteiger partial charge < -0.3 is 21.3 Å². The minimum atomic E-state index is -0.670. The summed E-state index contributed by atoms with van der Waals surface area (Å²) in [6.07, 6.45) is 7.73. The van der Waals surface area contributed by atoms with E-state index in [2.05, 4.69) is 51.0 Å². The van der Waals surface area contributed by atoms with Crippen LogP contribution in [0.25, 0.3) is 0 Å². The molecular formula is C26H24ClFN6O2. The summed E-state index contributed by atoms with van der Waals surface area (Å²) in [6.45, 7) is 4.20. The molecule has 0 radical (unpaired) electrons. The molecule has 0 unspecified atom stereocenters. The molecule has 2 heterocycles. The number of halogens is 2. The number of hydrogen-bond donors (Lipinski definition) is 4. The fourth-order valence-electron chi connectivity index (χ4n) is 3.92. The Labute approximate surface area is 213 Å². The Kier molecular flexibility index (Phi) is 7.08. The van der Waals surface area contributed by atoms with Gasteiger partial charge in [0.2, 0.25) is 11.9 Å². The number of benzene rings is 2. The number of carbonyl (C=O) groups excluding carboxylic acids is 2. The van der Waals surface area contributed by atoms with Gasteiger partial charge in [-0.1, -0.05) is 43.5 Å². The van der Waals surface area contributed by atoms with E-state index in [1.54, 1.807) is 0 Å². The molecule has 10 heteroatoms. The molecule has 2 aromatic carbocycles. The molecule has 0 bridgehead atoms. The number of rotatable bonds is 6. The minimum absolute atomic E-state index is 0.00443. The second-order valence-electron chi connectivity index (χ2n) is 8.88. The van der Waals surface area contributed by atoms with Crippen molar-refractivity contribution in [2.75, 3.05) is 22.5 Å². The summed E-state index contributed by atoms with van der Waals surface area (Å²) in [6, 6.07) is 9.72. The summed E-state index contributed by atoms with van der Waals surface area (Å²) < 4.78 is 14.7. The smallest absolute Gasteiger partial charge is 0.254 e. The van der Waals surface area contributed by atoms with E-state index in [1.165, 1.54) is 24.4 Å². The SMILES string of the molecule is C#CCNC(=O)c1cccc(F)c1Nc1nc(Nc2ccc3c(c2)NC(=O)CCC3(C)C)ncc1Cl. The molecule has 0 fully saturated rings. The molecule has 0 spiro atoms. The van der Waals surface area contributed by atoms with Crippen LogP contribution in [0, 0.1) is 18.2 Å². The molecule has 1 aromatic heterocycles. The van der Waals surface area contributed by atoms with Crippen molar-refractivity contribution in [1.82, 2.24) is 15.3 Å². The maximum atomic E-state index is 14.7. The predicted molar refractivity (Wildman–Crippen MR) is 139 cm³/mol. The first kappa shape index (κ1) is 24.9. The van der Waals surface area contributed by atoms with Crippen LogP contribution in [0.15, 0.2) is 42.6 Å². The van der Waals surface area contributed by atoms with Crippen LogP contribution in [-0.4, -0.2) is 28.3 Å². The average Bonchev–Trinajstić information content (AvgIpc) is 2.95. The van der Waals surface area contributed by atoms with Crippen molar-refractivity contribution in [2.24, 2.45) is 0 Å². The van der Waals surface area contributed by atoms with Crippen molar-refractivity contribution in [2.45, 2.75) is 32.1 Å². The first-order valence-corrected chi connectivity index (χ1v) is 11.6. The Morgan fingerprint density at radius 1 is 1.28 bits per heavy atom. The van der Waals surface area contributed by atoms with Gasteiger partial charge in [0.05, 0.1) is 24.0 Å². The largest absolute Gasteiger partial charge is 0.341 e. The number of amides is 2. The number of carbonyl (C=O) groups is 2. The molecule has 3 aromatic rings. The third kappa shape index (κ3) is 5.39. The Balaban J connectivity index is 1.62. The van der Waals surface area contributed by atoms with Crippen LogP contribution < -0.4 is 21.3 Å². The summed E-state index contributed by atoms with van der Waals surface area (Å²) in [5.41, 5.74) is 2.17. The fourth-order valence-corrected chi connectivity index (χ4v) is 4.06. The monoisotopic (exact) mass is 506 g/mol. The summed E-state index contributed by atoms with van der Waals surface area (Å²) in [7, 11) is 0. The maximum absolute atomic E-state index is 14.7. The molecule has 4 rings (SSSR count). The van der Waals surface area contributed by atoms with Crippen molar-refractivity contribution in [3.63, 3.8) is 0 Å². The minimum Gasteiger partial charge on any atom is -0.341 e. The Morgan fingerprint density at radius 3 is 2.86 bits per heavy atom. The van der Waals surface area contributed by atoms with E-state index in [9.17, 15) is 14.0 Å². The maximum Gasteiger partial charge on any atom is 0.254 e. The molecule has 4 N–H and O–H groups in total. The van der Waals surface area contributed by atoms with Gasteiger partial charge in [-0.2, -0.15) is 4.98 Å². The van der Waals surface area contributed by atoms with Crippen LogP contribution in [-0.2, 0) is 10.2 Å². The third-order valence-corrected chi connectivity index (χ3v) is 6.13. The van der Waals surface area contributed by atoms with Crippen molar-refractivity contribution >= 4 is 52.2 Å². The third-order valence-electron chi connectivity index (χ3n) is 5.85. The molecule has 0 aliphatic carbocycles. The highest BCUT2D eigenvalue weighted by molar-refractivity contribution is 6.33. The van der Waals surface area contributed by atoms with Gasteiger partial charge in [0, 0.05) is 17.8 Å². The molecule has 0 saturated heterocycles. The van der Waals surface area contributed by atoms with Crippen molar-refractivity contribution in [3.8, 4) is 12.3 Å². The Morgan fingerprint density at radius 2 is 2.08 bits per heavy atom. The number of terminal acetylenes is 1. The summed E-state index contributed by atoms with van der Waals surface area (Å²) >= 11 is 6.27. The number of hydrogen-bond acceptors (Lipinski definition) is 6. The summed E-state index contributed by atoms with van der Waals surface area (Å²) in [4.78, 5) is 33.2. The lowest BCUT2D eigenvalue weighted by Gasteiger charge is -2.24. The zero-order chi connectivity index (χ0) is 25.9. The van der Waals surface area contributed by atoms with Crippen molar-refractivity contribution in [3.05, 3.63) is 64.6 Å². The van der Waals surface area contributed by atoms with Gasteiger partial charge in [-0.3, -0.25) is 9.59 Å². The molecule has 1 aliphatic heterocycles. The van der Waals surface area contributed by atoms with Gasteiger partial charge in [0.1, 0.15) is 10.8 Å².